The normalized spacial score (nSPS) is 16.8. The molecule has 7 heteroatoms. The lowest BCUT2D eigenvalue weighted by Gasteiger charge is -2.31. The van der Waals surface area contributed by atoms with Gasteiger partial charge in [-0.25, -0.2) is 0 Å². The predicted molar refractivity (Wildman–Crippen MR) is 114 cm³/mol. The third-order valence-electron chi connectivity index (χ3n) is 4.36. The van der Waals surface area contributed by atoms with Crippen LogP contribution in [0.4, 0.5) is 0 Å². The van der Waals surface area contributed by atoms with E-state index in [1.807, 2.05) is 43.3 Å². The van der Waals surface area contributed by atoms with Crippen molar-refractivity contribution in [3.8, 4) is 5.75 Å². The average Bonchev–Trinajstić information content (AvgIpc) is 2.68. The van der Waals surface area contributed by atoms with Gasteiger partial charge in [-0.2, -0.15) is 0 Å². The quantitative estimate of drug-likeness (QED) is 0.521. The molecule has 0 bridgehead atoms. The highest BCUT2D eigenvalue weighted by Gasteiger charge is 2.36. The van der Waals surface area contributed by atoms with Gasteiger partial charge in [0.25, 0.3) is 0 Å². The second-order valence-corrected chi connectivity index (χ2v) is 9.47. The number of hydrogen-bond donors (Lipinski definition) is 2. The van der Waals surface area contributed by atoms with Gasteiger partial charge in [0.05, 0.1) is 47.8 Å². The Hall–Kier alpha value is -1.25. The van der Waals surface area contributed by atoms with E-state index in [2.05, 4.69) is 15.9 Å². The fraction of sp³-hybridized carbons (Fsp3) is 0.429. The molecule has 2 N–H and O–H groups in total. The molecule has 0 saturated heterocycles. The summed E-state index contributed by atoms with van der Waals surface area (Å²) >= 11 is 3.35. The van der Waals surface area contributed by atoms with E-state index >= 15 is 0 Å². The summed E-state index contributed by atoms with van der Waals surface area (Å²) in [5.41, 5.74) is 0.698. The van der Waals surface area contributed by atoms with Crippen LogP contribution < -0.4 is 4.74 Å². The van der Waals surface area contributed by atoms with E-state index in [4.69, 9.17) is 9.47 Å². The molecule has 0 aliphatic heterocycles. The van der Waals surface area contributed by atoms with Crippen LogP contribution in [0.3, 0.4) is 0 Å². The number of aliphatic hydroxyl groups is 2. The monoisotopic (exact) mass is 470 g/mol. The second-order valence-electron chi connectivity index (χ2n) is 6.99. The Kier molecular flexibility index (Phi) is 8.64. The van der Waals surface area contributed by atoms with Crippen LogP contribution in [-0.4, -0.2) is 50.4 Å². The molecule has 2 aromatic rings. The van der Waals surface area contributed by atoms with Gasteiger partial charge in [-0.15, -0.1) is 0 Å². The largest absolute Gasteiger partial charge is 0.497 e. The highest BCUT2D eigenvalue weighted by Crippen LogP contribution is 2.24. The van der Waals surface area contributed by atoms with E-state index in [9.17, 15) is 14.4 Å². The highest BCUT2D eigenvalue weighted by molar-refractivity contribution is 9.09. The molecule has 0 radical (unpaired) electrons. The summed E-state index contributed by atoms with van der Waals surface area (Å²) in [5.74, 6) is 0.786. The Morgan fingerprint density at radius 1 is 1.14 bits per heavy atom. The zero-order valence-corrected chi connectivity index (χ0v) is 18.7. The zero-order chi connectivity index (χ0) is 20.7. The van der Waals surface area contributed by atoms with Crippen LogP contribution in [0, 0.1) is 6.92 Å². The van der Waals surface area contributed by atoms with Gasteiger partial charge in [-0.3, -0.25) is 4.21 Å². The van der Waals surface area contributed by atoms with E-state index in [1.54, 1.807) is 26.2 Å². The van der Waals surface area contributed by atoms with Crippen LogP contribution in [0.2, 0.25) is 0 Å². The number of aliphatic hydroxyl groups excluding tert-OH is 1. The molecule has 4 atom stereocenters. The fourth-order valence-corrected chi connectivity index (χ4v) is 4.32. The number of alkyl halides is 1. The van der Waals surface area contributed by atoms with E-state index in [0.717, 1.165) is 16.9 Å². The van der Waals surface area contributed by atoms with Crippen LogP contribution >= 0.6 is 15.9 Å². The summed E-state index contributed by atoms with van der Waals surface area (Å²) in [6.45, 7) is 3.88. The Balaban J connectivity index is 1.86. The third-order valence-corrected chi connectivity index (χ3v) is 7.40. The number of ether oxygens (including phenoxy) is 2. The Morgan fingerprint density at radius 2 is 1.75 bits per heavy atom. The zero-order valence-electron chi connectivity index (χ0n) is 16.3. The van der Waals surface area contributed by atoms with Crippen molar-refractivity contribution < 1.29 is 23.9 Å². The Bertz CT molecular complexity index is 761. The number of benzene rings is 2. The van der Waals surface area contributed by atoms with Crippen molar-refractivity contribution in [1.29, 1.82) is 0 Å². The molecular formula is C21H27BrO5S. The first-order valence-corrected chi connectivity index (χ1v) is 11.2. The Labute approximate surface area is 177 Å². The lowest BCUT2D eigenvalue weighted by atomic mass is 10.00. The molecule has 0 saturated carbocycles. The van der Waals surface area contributed by atoms with Crippen LogP contribution in [0.5, 0.6) is 5.75 Å². The van der Waals surface area contributed by atoms with Crippen molar-refractivity contribution in [1.82, 2.24) is 0 Å². The number of rotatable bonds is 10. The first kappa shape index (κ1) is 23.0. The maximum atomic E-state index is 12.5. The summed E-state index contributed by atoms with van der Waals surface area (Å²) in [6.07, 6.45) is -0.998. The fourth-order valence-electron chi connectivity index (χ4n) is 2.62. The van der Waals surface area contributed by atoms with E-state index in [1.165, 1.54) is 0 Å². The molecule has 0 amide bonds. The van der Waals surface area contributed by atoms with Crippen molar-refractivity contribution in [2.45, 2.75) is 41.9 Å². The van der Waals surface area contributed by atoms with Gasteiger partial charge in [0.15, 0.2) is 0 Å². The smallest absolute Gasteiger partial charge is 0.118 e. The molecule has 0 heterocycles. The van der Waals surface area contributed by atoms with Crippen molar-refractivity contribution in [2.24, 2.45) is 0 Å². The number of halogens is 1. The minimum Gasteiger partial charge on any atom is -0.497 e. The number of hydrogen-bond acceptors (Lipinski definition) is 5. The summed E-state index contributed by atoms with van der Waals surface area (Å²) in [5, 5.41) is 21.1. The number of methoxy groups -OCH3 is 1. The van der Waals surface area contributed by atoms with Gasteiger partial charge in [0.2, 0.25) is 0 Å². The van der Waals surface area contributed by atoms with E-state index in [-0.39, 0.29) is 12.4 Å². The second kappa shape index (κ2) is 10.5. The summed E-state index contributed by atoms with van der Waals surface area (Å²) in [4.78, 5) is -0.0370. The summed E-state index contributed by atoms with van der Waals surface area (Å²) in [6, 6.07) is 14.8. The topological polar surface area (TPSA) is 76.0 Å². The lowest BCUT2D eigenvalue weighted by Crippen LogP contribution is -2.48. The molecule has 28 heavy (non-hydrogen) atoms. The minimum atomic E-state index is -1.36. The van der Waals surface area contributed by atoms with Gasteiger partial charge in [0, 0.05) is 4.90 Å². The van der Waals surface area contributed by atoms with E-state index in [0.29, 0.717) is 11.5 Å². The molecular weight excluding hydrogens is 444 g/mol. The van der Waals surface area contributed by atoms with Crippen LogP contribution in [0.25, 0.3) is 0 Å². The lowest BCUT2D eigenvalue weighted by molar-refractivity contribution is -0.0554. The van der Waals surface area contributed by atoms with Gasteiger partial charge in [-0.05, 0) is 43.7 Å². The Morgan fingerprint density at radius 3 is 2.32 bits per heavy atom. The van der Waals surface area contributed by atoms with Crippen LogP contribution in [0.1, 0.15) is 18.1 Å². The van der Waals surface area contributed by atoms with Gasteiger partial charge < -0.3 is 19.7 Å². The van der Waals surface area contributed by atoms with Gasteiger partial charge >= 0.3 is 0 Å². The molecule has 154 valence electrons. The van der Waals surface area contributed by atoms with Crippen LogP contribution in [-0.2, 0) is 22.1 Å². The SMILES string of the molecule is COc1ccc(COC[C@](C)(O)[C@H](Br)[C@H](O)CS(=O)c2ccc(C)cc2)cc1. The first-order chi connectivity index (χ1) is 13.2. The average molecular weight is 471 g/mol. The van der Waals surface area contributed by atoms with Crippen molar-refractivity contribution in [3.05, 3.63) is 59.7 Å². The van der Waals surface area contributed by atoms with Gasteiger partial charge in [0.1, 0.15) is 11.4 Å². The van der Waals surface area contributed by atoms with E-state index < -0.39 is 27.3 Å². The van der Waals surface area contributed by atoms with Crippen LogP contribution in [0.15, 0.2) is 53.4 Å². The molecule has 0 aliphatic carbocycles. The first-order valence-electron chi connectivity index (χ1n) is 8.93. The number of aryl methyl sites for hydroxylation is 1. The molecule has 1 unspecified atom stereocenters. The maximum absolute atomic E-state index is 12.5. The summed E-state index contributed by atoms with van der Waals surface area (Å²) < 4.78 is 23.2. The minimum absolute atomic E-state index is 0.0170. The van der Waals surface area contributed by atoms with Crippen molar-refractivity contribution >= 4 is 26.7 Å². The maximum Gasteiger partial charge on any atom is 0.118 e. The van der Waals surface area contributed by atoms with Gasteiger partial charge in [-0.1, -0.05) is 45.8 Å². The predicted octanol–water partition coefficient (Wildman–Crippen LogP) is 3.20. The molecule has 0 aromatic heterocycles. The molecule has 2 rings (SSSR count). The summed E-state index contributed by atoms with van der Waals surface area (Å²) in [7, 11) is 0.248. The molecule has 5 nitrogen and oxygen atoms in total. The third kappa shape index (κ3) is 6.67. The van der Waals surface area contributed by atoms with Crippen molar-refractivity contribution in [3.63, 3.8) is 0 Å². The van der Waals surface area contributed by atoms with Crippen molar-refractivity contribution in [2.75, 3.05) is 19.5 Å². The standard InChI is InChI=1S/C21H27BrO5S/c1-15-4-10-18(11-5-15)28(25)13-19(23)20(22)21(2,24)14-27-12-16-6-8-17(26-3)9-7-16/h4-11,19-20,23-24H,12-14H2,1-3H3/t19-,20-,21+,28?/m1/s1. The molecule has 0 fully saturated rings. The molecule has 0 spiro atoms. The molecule has 2 aromatic carbocycles. The highest BCUT2D eigenvalue weighted by atomic mass is 79.9. The molecule has 0 aliphatic rings.